The first-order chi connectivity index (χ1) is 10.8. The van der Waals surface area contributed by atoms with Crippen LogP contribution in [0.3, 0.4) is 0 Å². The molecule has 0 amide bonds. The second kappa shape index (κ2) is 9.53. The average molecular weight is 450 g/mol. The minimum Gasteiger partial charge on any atom is -0.472 e. The van der Waals surface area contributed by atoms with Gasteiger partial charge in [0.2, 0.25) is 5.88 Å². The molecule has 2 aliphatic heterocycles. The van der Waals surface area contributed by atoms with Crippen LogP contribution < -0.4 is 10.5 Å². The molecule has 23 heavy (non-hydrogen) atoms. The fourth-order valence-corrected chi connectivity index (χ4v) is 3.36. The van der Waals surface area contributed by atoms with Crippen LogP contribution in [0.4, 0.5) is 0 Å². The van der Waals surface area contributed by atoms with Gasteiger partial charge in [0.15, 0.2) is 5.96 Å². The minimum atomic E-state index is 0. The van der Waals surface area contributed by atoms with Gasteiger partial charge in [-0.15, -0.1) is 24.0 Å². The third-order valence-corrected chi connectivity index (χ3v) is 4.68. The zero-order chi connectivity index (χ0) is 15.2. The summed E-state index contributed by atoms with van der Waals surface area (Å²) in [5.41, 5.74) is 7.12. The van der Waals surface area contributed by atoms with Crippen LogP contribution in [-0.2, 0) is 11.3 Å². The van der Waals surface area contributed by atoms with Crippen molar-refractivity contribution in [3.63, 3.8) is 0 Å². The monoisotopic (exact) mass is 450 g/mol. The standard InChI is InChI=1S/C15H22N4O2S.HI/c16-15(19-4-7-22-8-5-19)18-10-12-1-3-17-14(9-12)21-13-2-6-20-11-13;/h1,3,9,13H,2,4-8,10-11H2,(H2,16,18);1H. The number of rotatable bonds is 4. The number of nitrogens with two attached hydrogens (primary N) is 1. The van der Waals surface area contributed by atoms with Gasteiger partial charge in [0.1, 0.15) is 6.10 Å². The van der Waals surface area contributed by atoms with E-state index in [1.54, 1.807) is 6.20 Å². The summed E-state index contributed by atoms with van der Waals surface area (Å²) >= 11 is 1.96. The lowest BCUT2D eigenvalue weighted by molar-refractivity contribution is 0.138. The zero-order valence-corrected chi connectivity index (χ0v) is 16.2. The number of ether oxygens (including phenoxy) is 2. The number of nitrogens with zero attached hydrogens (tertiary/aromatic N) is 3. The molecule has 1 atom stereocenters. The van der Waals surface area contributed by atoms with E-state index in [1.165, 1.54) is 0 Å². The van der Waals surface area contributed by atoms with Gasteiger partial charge in [-0.05, 0) is 11.6 Å². The van der Waals surface area contributed by atoms with E-state index in [0.29, 0.717) is 25.0 Å². The highest BCUT2D eigenvalue weighted by atomic mass is 127. The Kier molecular flexibility index (Phi) is 7.71. The van der Waals surface area contributed by atoms with Gasteiger partial charge in [-0.2, -0.15) is 11.8 Å². The van der Waals surface area contributed by atoms with Gasteiger partial charge in [0, 0.05) is 43.3 Å². The molecule has 8 heteroatoms. The van der Waals surface area contributed by atoms with Crippen molar-refractivity contribution in [2.75, 3.05) is 37.8 Å². The highest BCUT2D eigenvalue weighted by molar-refractivity contribution is 14.0. The summed E-state index contributed by atoms with van der Waals surface area (Å²) in [6.07, 6.45) is 2.79. The number of pyridine rings is 1. The van der Waals surface area contributed by atoms with Crippen LogP contribution in [0.2, 0.25) is 0 Å². The van der Waals surface area contributed by atoms with Crippen LogP contribution in [-0.4, -0.2) is 59.8 Å². The molecule has 128 valence electrons. The van der Waals surface area contributed by atoms with E-state index >= 15 is 0 Å². The topological polar surface area (TPSA) is 73.0 Å². The van der Waals surface area contributed by atoms with E-state index in [2.05, 4.69) is 14.9 Å². The summed E-state index contributed by atoms with van der Waals surface area (Å²) in [7, 11) is 0. The first-order valence-electron chi connectivity index (χ1n) is 7.63. The van der Waals surface area contributed by atoms with E-state index < -0.39 is 0 Å². The third-order valence-electron chi connectivity index (χ3n) is 3.73. The van der Waals surface area contributed by atoms with Gasteiger partial charge < -0.3 is 20.1 Å². The van der Waals surface area contributed by atoms with Crippen molar-refractivity contribution < 1.29 is 9.47 Å². The van der Waals surface area contributed by atoms with Crippen molar-refractivity contribution >= 4 is 41.7 Å². The van der Waals surface area contributed by atoms with Crippen LogP contribution in [0.5, 0.6) is 5.88 Å². The Hall–Kier alpha value is -0.740. The molecule has 0 radical (unpaired) electrons. The summed E-state index contributed by atoms with van der Waals surface area (Å²) < 4.78 is 11.1. The number of hydrogen-bond donors (Lipinski definition) is 1. The van der Waals surface area contributed by atoms with Gasteiger partial charge in [-0.3, -0.25) is 0 Å². The normalized spacial score (nSPS) is 21.8. The molecule has 0 spiro atoms. The van der Waals surface area contributed by atoms with Crippen molar-refractivity contribution in [3.8, 4) is 5.88 Å². The van der Waals surface area contributed by atoms with Crippen LogP contribution >= 0.6 is 35.7 Å². The van der Waals surface area contributed by atoms with E-state index in [-0.39, 0.29) is 30.1 Å². The van der Waals surface area contributed by atoms with Crippen molar-refractivity contribution in [3.05, 3.63) is 23.9 Å². The molecular formula is C15H23IN4O2S. The first kappa shape index (κ1) is 18.6. The highest BCUT2D eigenvalue weighted by Crippen LogP contribution is 2.16. The van der Waals surface area contributed by atoms with E-state index in [4.69, 9.17) is 15.2 Å². The molecule has 0 bridgehead atoms. The Morgan fingerprint density at radius 2 is 2.30 bits per heavy atom. The smallest absolute Gasteiger partial charge is 0.213 e. The highest BCUT2D eigenvalue weighted by Gasteiger charge is 2.17. The van der Waals surface area contributed by atoms with Crippen molar-refractivity contribution in [2.24, 2.45) is 10.7 Å². The molecule has 0 aliphatic carbocycles. The van der Waals surface area contributed by atoms with Crippen LogP contribution in [0.25, 0.3) is 0 Å². The largest absolute Gasteiger partial charge is 0.472 e. The molecule has 6 nitrogen and oxygen atoms in total. The van der Waals surface area contributed by atoms with Gasteiger partial charge in [-0.1, -0.05) is 0 Å². The van der Waals surface area contributed by atoms with Crippen LogP contribution in [0.1, 0.15) is 12.0 Å². The molecule has 2 fully saturated rings. The maximum Gasteiger partial charge on any atom is 0.213 e. The molecule has 1 unspecified atom stereocenters. The number of aliphatic imine (C=N–C) groups is 1. The Balaban J connectivity index is 0.00000192. The number of aromatic nitrogens is 1. The number of halogens is 1. The first-order valence-corrected chi connectivity index (χ1v) is 8.79. The van der Waals surface area contributed by atoms with E-state index in [0.717, 1.165) is 43.2 Å². The van der Waals surface area contributed by atoms with Gasteiger partial charge in [-0.25, -0.2) is 9.98 Å². The molecule has 0 aromatic carbocycles. The van der Waals surface area contributed by atoms with E-state index in [9.17, 15) is 0 Å². The summed E-state index contributed by atoms with van der Waals surface area (Å²) in [5.74, 6) is 3.50. The molecule has 0 saturated carbocycles. The number of guanidine groups is 1. The Labute approximate surface area is 158 Å². The fourth-order valence-electron chi connectivity index (χ4n) is 2.45. The molecule has 2 N–H and O–H groups in total. The van der Waals surface area contributed by atoms with Crippen LogP contribution in [0, 0.1) is 0 Å². The van der Waals surface area contributed by atoms with Gasteiger partial charge in [0.05, 0.1) is 19.8 Å². The molecular weight excluding hydrogens is 427 g/mol. The molecule has 1 aromatic rings. The lowest BCUT2D eigenvalue weighted by Gasteiger charge is -2.27. The maximum atomic E-state index is 6.07. The van der Waals surface area contributed by atoms with Crippen molar-refractivity contribution in [2.45, 2.75) is 19.1 Å². The van der Waals surface area contributed by atoms with Gasteiger partial charge in [0.25, 0.3) is 0 Å². The van der Waals surface area contributed by atoms with Crippen molar-refractivity contribution in [1.82, 2.24) is 9.88 Å². The Morgan fingerprint density at radius 1 is 1.48 bits per heavy atom. The second-order valence-electron chi connectivity index (χ2n) is 5.38. The predicted molar refractivity (Wildman–Crippen MR) is 104 cm³/mol. The summed E-state index contributed by atoms with van der Waals surface area (Å²) in [5, 5.41) is 0. The predicted octanol–water partition coefficient (Wildman–Crippen LogP) is 1.73. The Bertz CT molecular complexity index is 520. The third kappa shape index (κ3) is 5.68. The maximum absolute atomic E-state index is 6.07. The Morgan fingerprint density at radius 3 is 3.04 bits per heavy atom. The summed E-state index contributed by atoms with van der Waals surface area (Å²) in [6, 6.07) is 3.88. The number of thioether (sulfide) groups is 1. The quantitative estimate of drug-likeness (QED) is 0.428. The average Bonchev–Trinajstić information content (AvgIpc) is 3.07. The van der Waals surface area contributed by atoms with Crippen molar-refractivity contribution in [1.29, 1.82) is 0 Å². The minimum absolute atomic E-state index is 0. The lowest BCUT2D eigenvalue weighted by Crippen LogP contribution is -2.42. The number of hydrogen-bond acceptors (Lipinski definition) is 5. The summed E-state index contributed by atoms with van der Waals surface area (Å²) in [6.45, 7) is 3.91. The van der Waals surface area contributed by atoms with Gasteiger partial charge >= 0.3 is 0 Å². The molecule has 2 saturated heterocycles. The fraction of sp³-hybridized carbons (Fsp3) is 0.600. The zero-order valence-electron chi connectivity index (χ0n) is 13.0. The molecule has 3 heterocycles. The van der Waals surface area contributed by atoms with Crippen LogP contribution in [0.15, 0.2) is 23.3 Å². The summed E-state index contributed by atoms with van der Waals surface area (Å²) in [4.78, 5) is 10.9. The molecule has 3 rings (SSSR count). The lowest BCUT2D eigenvalue weighted by atomic mass is 10.2. The van der Waals surface area contributed by atoms with E-state index in [1.807, 2.05) is 23.9 Å². The molecule has 2 aliphatic rings. The molecule has 1 aromatic heterocycles. The SMILES string of the molecule is I.NC(=NCc1ccnc(OC2CCOC2)c1)N1CCSCC1. The second-order valence-corrected chi connectivity index (χ2v) is 6.60.